The summed E-state index contributed by atoms with van der Waals surface area (Å²) < 4.78 is 12.5. The molecule has 2 aliphatic carbocycles. The van der Waals surface area contributed by atoms with E-state index in [0.29, 0.717) is 0 Å². The smallest absolute Gasteiger partial charge is 0.139 e. The molecule has 0 radical (unpaired) electrons. The minimum atomic E-state index is -0.103. The van der Waals surface area contributed by atoms with E-state index in [1.807, 2.05) is 18.2 Å². The summed E-state index contributed by atoms with van der Waals surface area (Å²) in [5.74, 6) is 0. The van der Waals surface area contributed by atoms with Crippen LogP contribution in [0.2, 0.25) is 0 Å². The van der Waals surface area contributed by atoms with Crippen molar-refractivity contribution in [2.45, 2.75) is 38.5 Å². The number of furan rings is 2. The van der Waals surface area contributed by atoms with Crippen LogP contribution in [0.15, 0.2) is 142 Å². The third kappa shape index (κ3) is 3.63. The zero-order chi connectivity index (χ0) is 33.5. The van der Waals surface area contributed by atoms with Gasteiger partial charge in [-0.1, -0.05) is 107 Å². The van der Waals surface area contributed by atoms with E-state index in [2.05, 4.69) is 143 Å². The molecule has 2 aliphatic rings. The standard InChI is InChI=1S/C48H34O2/c1-47(2)39-14-7-5-12-31(39)34-24-42-35(25-41(34)47)32-18-16-30(22-40(32)48(42,3)4)28-11-9-10-27(20-28)29-17-19-44-36(21-29)38-23-37-33-13-6-8-15-43(33)49-45(37)26-46(38)50-44/h5-26H,1-4H3. The van der Waals surface area contributed by atoms with Crippen LogP contribution in [-0.4, -0.2) is 0 Å². The molecule has 9 aromatic rings. The van der Waals surface area contributed by atoms with Crippen molar-refractivity contribution < 1.29 is 8.83 Å². The zero-order valence-electron chi connectivity index (χ0n) is 28.5. The normalized spacial score (nSPS) is 15.1. The summed E-state index contributed by atoms with van der Waals surface area (Å²) in [5.41, 5.74) is 19.4. The Kier molecular flexibility index (Phi) is 5.28. The van der Waals surface area contributed by atoms with Crippen molar-refractivity contribution >= 4 is 43.9 Å². The van der Waals surface area contributed by atoms with Gasteiger partial charge in [-0.15, -0.1) is 0 Å². The van der Waals surface area contributed by atoms with Gasteiger partial charge in [0.25, 0.3) is 0 Å². The second-order valence-electron chi connectivity index (χ2n) is 15.3. The maximum absolute atomic E-state index is 6.32. The highest BCUT2D eigenvalue weighted by Gasteiger charge is 2.41. The van der Waals surface area contributed by atoms with E-state index in [0.717, 1.165) is 43.9 Å². The molecule has 0 N–H and O–H groups in total. The predicted octanol–water partition coefficient (Wildman–Crippen LogP) is 13.4. The molecule has 0 saturated carbocycles. The van der Waals surface area contributed by atoms with Gasteiger partial charge in [-0.05, 0) is 115 Å². The Morgan fingerprint density at radius 2 is 0.860 bits per heavy atom. The Labute approximate surface area is 290 Å². The maximum Gasteiger partial charge on any atom is 0.139 e. The van der Waals surface area contributed by atoms with Crippen molar-refractivity contribution in [1.82, 2.24) is 0 Å². The van der Waals surface area contributed by atoms with Gasteiger partial charge in [-0.2, -0.15) is 0 Å². The molecule has 0 fully saturated rings. The van der Waals surface area contributed by atoms with Crippen molar-refractivity contribution in [2.75, 3.05) is 0 Å². The second-order valence-corrected chi connectivity index (χ2v) is 15.3. The van der Waals surface area contributed by atoms with Crippen LogP contribution in [0, 0.1) is 0 Å². The van der Waals surface area contributed by atoms with Gasteiger partial charge in [-0.3, -0.25) is 0 Å². The number of hydrogen-bond acceptors (Lipinski definition) is 2. The lowest BCUT2D eigenvalue weighted by Gasteiger charge is -2.24. The fraction of sp³-hybridized carbons (Fsp3) is 0.125. The molecule has 0 atom stereocenters. The van der Waals surface area contributed by atoms with Crippen LogP contribution in [0.5, 0.6) is 0 Å². The molecular formula is C48H34O2. The molecule has 7 aromatic carbocycles. The molecule has 0 saturated heterocycles. The molecule has 2 aromatic heterocycles. The number of fused-ring (bicyclic) bond motifs is 12. The van der Waals surface area contributed by atoms with Gasteiger partial charge in [0.15, 0.2) is 0 Å². The third-order valence-corrected chi connectivity index (χ3v) is 11.9. The average molecular weight is 643 g/mol. The van der Waals surface area contributed by atoms with Crippen LogP contribution in [0.4, 0.5) is 0 Å². The van der Waals surface area contributed by atoms with Crippen molar-refractivity contribution in [3.63, 3.8) is 0 Å². The predicted molar refractivity (Wildman–Crippen MR) is 207 cm³/mol. The minimum Gasteiger partial charge on any atom is -0.456 e. The Hall–Kier alpha value is -5.86. The van der Waals surface area contributed by atoms with E-state index < -0.39 is 0 Å². The molecule has 0 unspecified atom stereocenters. The summed E-state index contributed by atoms with van der Waals surface area (Å²) in [5, 5.41) is 4.46. The van der Waals surface area contributed by atoms with Crippen LogP contribution in [0.3, 0.4) is 0 Å². The van der Waals surface area contributed by atoms with E-state index in [-0.39, 0.29) is 10.8 Å². The summed E-state index contributed by atoms with van der Waals surface area (Å²) in [4.78, 5) is 0. The first kappa shape index (κ1) is 28.0. The SMILES string of the molecule is CC1(C)c2ccccc2-c2cc3c(cc21)-c1ccc(-c2cccc(-c4ccc5oc6cc7oc8ccccc8c7cc6c5c4)c2)cc1C3(C)C. The van der Waals surface area contributed by atoms with Gasteiger partial charge in [0.05, 0.1) is 0 Å². The number of rotatable bonds is 2. The molecule has 0 aliphatic heterocycles. The number of hydrogen-bond donors (Lipinski definition) is 0. The highest BCUT2D eigenvalue weighted by atomic mass is 16.3. The third-order valence-electron chi connectivity index (χ3n) is 11.9. The van der Waals surface area contributed by atoms with Gasteiger partial charge >= 0.3 is 0 Å². The van der Waals surface area contributed by atoms with Crippen molar-refractivity contribution in [3.8, 4) is 44.5 Å². The lowest BCUT2D eigenvalue weighted by Crippen LogP contribution is -2.17. The summed E-state index contributed by atoms with van der Waals surface area (Å²) in [7, 11) is 0. The van der Waals surface area contributed by atoms with Gasteiger partial charge in [0.2, 0.25) is 0 Å². The highest BCUT2D eigenvalue weighted by Crippen LogP contribution is 2.56. The highest BCUT2D eigenvalue weighted by molar-refractivity contribution is 6.15. The Bertz CT molecular complexity index is 2930. The largest absolute Gasteiger partial charge is 0.456 e. The van der Waals surface area contributed by atoms with Gasteiger partial charge < -0.3 is 8.83 Å². The van der Waals surface area contributed by atoms with E-state index in [9.17, 15) is 0 Å². The lowest BCUT2D eigenvalue weighted by atomic mass is 9.79. The fourth-order valence-corrected chi connectivity index (χ4v) is 9.16. The molecule has 11 rings (SSSR count). The molecule has 50 heavy (non-hydrogen) atoms. The van der Waals surface area contributed by atoms with Crippen molar-refractivity contribution in [3.05, 3.63) is 156 Å². The zero-order valence-corrected chi connectivity index (χ0v) is 28.5. The van der Waals surface area contributed by atoms with E-state index in [1.165, 1.54) is 66.8 Å². The summed E-state index contributed by atoms with van der Waals surface area (Å²) in [6.45, 7) is 9.52. The molecular weight excluding hydrogens is 609 g/mol. The summed E-state index contributed by atoms with van der Waals surface area (Å²) in [6.07, 6.45) is 0. The number of para-hydroxylation sites is 1. The minimum absolute atomic E-state index is 0.0140. The monoisotopic (exact) mass is 642 g/mol. The van der Waals surface area contributed by atoms with Gasteiger partial charge in [-0.25, -0.2) is 0 Å². The maximum atomic E-state index is 6.32. The first-order valence-electron chi connectivity index (χ1n) is 17.6. The van der Waals surface area contributed by atoms with Crippen LogP contribution in [0.1, 0.15) is 49.9 Å². The average Bonchev–Trinajstić information content (AvgIpc) is 3.81. The van der Waals surface area contributed by atoms with Crippen LogP contribution in [-0.2, 0) is 10.8 Å². The van der Waals surface area contributed by atoms with Crippen LogP contribution < -0.4 is 0 Å². The molecule has 0 bridgehead atoms. The second kappa shape index (κ2) is 9.43. The van der Waals surface area contributed by atoms with E-state index in [4.69, 9.17) is 8.83 Å². The molecule has 0 spiro atoms. The van der Waals surface area contributed by atoms with Gasteiger partial charge in [0, 0.05) is 38.4 Å². The fourth-order valence-electron chi connectivity index (χ4n) is 9.16. The molecule has 2 heteroatoms. The first-order chi connectivity index (χ1) is 24.3. The summed E-state index contributed by atoms with van der Waals surface area (Å²) in [6, 6.07) is 49.0. The van der Waals surface area contributed by atoms with Crippen molar-refractivity contribution in [1.29, 1.82) is 0 Å². The topological polar surface area (TPSA) is 26.3 Å². The molecule has 2 heterocycles. The molecule has 238 valence electrons. The molecule has 2 nitrogen and oxygen atoms in total. The van der Waals surface area contributed by atoms with E-state index >= 15 is 0 Å². The Morgan fingerprint density at radius 1 is 0.320 bits per heavy atom. The Balaban J connectivity index is 0.997. The Morgan fingerprint density at radius 3 is 1.64 bits per heavy atom. The van der Waals surface area contributed by atoms with Crippen molar-refractivity contribution in [2.24, 2.45) is 0 Å². The first-order valence-corrected chi connectivity index (χ1v) is 17.6. The number of benzene rings is 7. The van der Waals surface area contributed by atoms with Gasteiger partial charge in [0.1, 0.15) is 22.3 Å². The lowest BCUT2D eigenvalue weighted by molar-refractivity contribution is 0.652. The molecule has 0 amide bonds. The van der Waals surface area contributed by atoms with Crippen LogP contribution in [0.25, 0.3) is 88.4 Å². The van der Waals surface area contributed by atoms with E-state index in [1.54, 1.807) is 0 Å². The quantitative estimate of drug-likeness (QED) is 0.188. The van der Waals surface area contributed by atoms with Crippen LogP contribution >= 0.6 is 0 Å². The summed E-state index contributed by atoms with van der Waals surface area (Å²) >= 11 is 0.